The Hall–Kier alpha value is -2.44. The standard InChI is InChI=1S/C19H20F3N3O/c1-12-8-14(11-23-10-12)15-6-7-16(18(25-15)19(20,21)22)24-17(26)9-13-4-2-3-5-13/h6-8,10-11,13H,2-5,9H2,1H3,(H,24,26). The van der Waals surface area contributed by atoms with Crippen molar-refractivity contribution in [2.24, 2.45) is 5.92 Å². The fourth-order valence-corrected chi connectivity index (χ4v) is 3.31. The number of hydrogen-bond donors (Lipinski definition) is 1. The van der Waals surface area contributed by atoms with E-state index in [4.69, 9.17) is 0 Å². The Kier molecular flexibility index (Phi) is 5.25. The molecule has 1 amide bonds. The highest BCUT2D eigenvalue weighted by Gasteiger charge is 2.36. The highest BCUT2D eigenvalue weighted by atomic mass is 19.4. The van der Waals surface area contributed by atoms with Gasteiger partial charge in [0.15, 0.2) is 5.69 Å². The Labute approximate surface area is 149 Å². The maximum Gasteiger partial charge on any atom is 0.435 e. The molecule has 4 nitrogen and oxygen atoms in total. The van der Waals surface area contributed by atoms with Gasteiger partial charge >= 0.3 is 6.18 Å². The molecule has 3 rings (SSSR count). The summed E-state index contributed by atoms with van der Waals surface area (Å²) >= 11 is 0. The number of halogens is 3. The van der Waals surface area contributed by atoms with E-state index in [2.05, 4.69) is 15.3 Å². The van der Waals surface area contributed by atoms with Crippen molar-refractivity contribution in [2.75, 3.05) is 5.32 Å². The van der Waals surface area contributed by atoms with Crippen LogP contribution >= 0.6 is 0 Å². The van der Waals surface area contributed by atoms with Gasteiger partial charge in [0.05, 0.1) is 11.4 Å². The number of nitrogens with zero attached hydrogens (tertiary/aromatic N) is 2. The van der Waals surface area contributed by atoms with Gasteiger partial charge in [-0.2, -0.15) is 13.2 Å². The zero-order chi connectivity index (χ0) is 18.7. The number of aryl methyl sites for hydroxylation is 1. The minimum atomic E-state index is -4.66. The molecule has 1 aliphatic rings. The number of alkyl halides is 3. The fourth-order valence-electron chi connectivity index (χ4n) is 3.31. The number of hydrogen-bond acceptors (Lipinski definition) is 3. The van der Waals surface area contributed by atoms with Gasteiger partial charge in [-0.1, -0.05) is 12.8 Å². The predicted octanol–water partition coefficient (Wildman–Crippen LogP) is 4.99. The van der Waals surface area contributed by atoms with Crippen LogP contribution in [0.25, 0.3) is 11.3 Å². The maximum absolute atomic E-state index is 13.4. The normalized spacial score (nSPS) is 15.2. The Morgan fingerprint density at radius 2 is 1.96 bits per heavy atom. The van der Waals surface area contributed by atoms with E-state index in [1.165, 1.54) is 18.3 Å². The second-order valence-electron chi connectivity index (χ2n) is 6.74. The molecule has 0 bridgehead atoms. The van der Waals surface area contributed by atoms with Gasteiger partial charge < -0.3 is 5.32 Å². The summed E-state index contributed by atoms with van der Waals surface area (Å²) in [6, 6.07) is 4.45. The lowest BCUT2D eigenvalue weighted by atomic mass is 10.0. The lowest BCUT2D eigenvalue weighted by molar-refractivity contribution is -0.140. The molecule has 0 unspecified atom stereocenters. The second kappa shape index (κ2) is 7.43. The highest BCUT2D eigenvalue weighted by Crippen LogP contribution is 2.35. The van der Waals surface area contributed by atoms with Crippen molar-refractivity contribution in [1.82, 2.24) is 9.97 Å². The second-order valence-corrected chi connectivity index (χ2v) is 6.74. The van der Waals surface area contributed by atoms with E-state index in [1.807, 2.05) is 0 Å². The van der Waals surface area contributed by atoms with Gasteiger partial charge in [0.2, 0.25) is 5.91 Å². The van der Waals surface area contributed by atoms with Crippen LogP contribution in [-0.4, -0.2) is 15.9 Å². The molecule has 2 heterocycles. The molecule has 0 saturated heterocycles. The number of pyridine rings is 2. The van der Waals surface area contributed by atoms with Gasteiger partial charge in [0.25, 0.3) is 0 Å². The van der Waals surface area contributed by atoms with Gasteiger partial charge in [-0.25, -0.2) is 4.98 Å². The number of aromatic nitrogens is 2. The molecule has 26 heavy (non-hydrogen) atoms. The van der Waals surface area contributed by atoms with E-state index in [9.17, 15) is 18.0 Å². The van der Waals surface area contributed by atoms with Gasteiger partial charge in [-0.3, -0.25) is 9.78 Å². The molecule has 0 aromatic carbocycles. The third kappa shape index (κ3) is 4.39. The first-order valence-electron chi connectivity index (χ1n) is 8.63. The van der Waals surface area contributed by atoms with Crippen molar-refractivity contribution in [1.29, 1.82) is 0 Å². The lowest BCUT2D eigenvalue weighted by Crippen LogP contribution is -2.19. The molecule has 0 radical (unpaired) electrons. The summed E-state index contributed by atoms with van der Waals surface area (Å²) in [4.78, 5) is 19.9. The molecule has 1 N–H and O–H groups in total. The summed E-state index contributed by atoms with van der Waals surface area (Å²) in [5, 5.41) is 2.40. The van der Waals surface area contributed by atoms with E-state index in [-0.39, 0.29) is 23.7 Å². The molecule has 1 fully saturated rings. The Morgan fingerprint density at radius 1 is 1.23 bits per heavy atom. The first-order valence-corrected chi connectivity index (χ1v) is 8.63. The molecule has 0 aliphatic heterocycles. The van der Waals surface area contributed by atoms with Gasteiger partial charge in [-0.15, -0.1) is 0 Å². The van der Waals surface area contributed by atoms with E-state index >= 15 is 0 Å². The lowest BCUT2D eigenvalue weighted by Gasteiger charge is -2.15. The molecular weight excluding hydrogens is 343 g/mol. The van der Waals surface area contributed by atoms with Crippen LogP contribution in [0.3, 0.4) is 0 Å². The molecule has 0 atom stereocenters. The Bertz CT molecular complexity index is 799. The summed E-state index contributed by atoms with van der Waals surface area (Å²) in [5.41, 5.74) is 0.106. The van der Waals surface area contributed by atoms with E-state index < -0.39 is 17.8 Å². The first-order chi connectivity index (χ1) is 12.3. The molecular formula is C19H20F3N3O. The SMILES string of the molecule is Cc1cncc(-c2ccc(NC(=O)CC3CCCC3)c(C(F)(F)F)n2)c1. The van der Waals surface area contributed by atoms with Crippen molar-refractivity contribution < 1.29 is 18.0 Å². The third-order valence-electron chi connectivity index (χ3n) is 4.56. The molecule has 2 aromatic heterocycles. The molecule has 2 aromatic rings. The van der Waals surface area contributed by atoms with E-state index in [1.54, 1.807) is 19.2 Å². The van der Waals surface area contributed by atoms with Crippen LogP contribution in [0.2, 0.25) is 0 Å². The minimum Gasteiger partial charge on any atom is -0.324 e. The van der Waals surface area contributed by atoms with Crippen LogP contribution in [0.1, 0.15) is 43.4 Å². The van der Waals surface area contributed by atoms with Crippen molar-refractivity contribution in [2.45, 2.75) is 45.2 Å². The minimum absolute atomic E-state index is 0.169. The quantitative estimate of drug-likeness (QED) is 0.833. The van der Waals surface area contributed by atoms with Crippen LogP contribution in [0.15, 0.2) is 30.6 Å². The summed E-state index contributed by atoms with van der Waals surface area (Å²) < 4.78 is 40.3. The monoisotopic (exact) mass is 363 g/mol. The summed E-state index contributed by atoms with van der Waals surface area (Å²) in [6.45, 7) is 1.80. The van der Waals surface area contributed by atoms with Crippen molar-refractivity contribution in [3.8, 4) is 11.3 Å². The van der Waals surface area contributed by atoms with Crippen molar-refractivity contribution in [3.63, 3.8) is 0 Å². The van der Waals surface area contributed by atoms with Crippen molar-refractivity contribution in [3.05, 3.63) is 41.9 Å². The molecule has 7 heteroatoms. The van der Waals surface area contributed by atoms with Gasteiger partial charge in [-0.05, 0) is 49.4 Å². The van der Waals surface area contributed by atoms with Gasteiger partial charge in [0.1, 0.15) is 0 Å². The number of nitrogens with one attached hydrogen (secondary N) is 1. The number of carbonyl (C=O) groups is 1. The summed E-state index contributed by atoms with van der Waals surface area (Å²) in [7, 11) is 0. The highest BCUT2D eigenvalue weighted by molar-refractivity contribution is 5.91. The number of rotatable bonds is 4. The number of carbonyl (C=O) groups excluding carboxylic acids is 1. The average Bonchev–Trinajstić information content (AvgIpc) is 3.07. The number of amides is 1. The maximum atomic E-state index is 13.4. The fraction of sp³-hybridized carbons (Fsp3) is 0.421. The summed E-state index contributed by atoms with van der Waals surface area (Å²) in [5.74, 6) is -0.135. The number of anilines is 1. The zero-order valence-electron chi connectivity index (χ0n) is 14.4. The Morgan fingerprint density at radius 3 is 2.62 bits per heavy atom. The van der Waals surface area contributed by atoms with Crippen LogP contribution in [0, 0.1) is 12.8 Å². The average molecular weight is 363 g/mol. The molecule has 1 aliphatic carbocycles. The third-order valence-corrected chi connectivity index (χ3v) is 4.56. The van der Waals surface area contributed by atoms with Gasteiger partial charge in [0, 0.05) is 24.4 Å². The van der Waals surface area contributed by atoms with E-state index in [0.29, 0.717) is 5.56 Å². The largest absolute Gasteiger partial charge is 0.435 e. The Balaban J connectivity index is 1.86. The smallest absolute Gasteiger partial charge is 0.324 e. The molecule has 138 valence electrons. The topological polar surface area (TPSA) is 54.9 Å². The van der Waals surface area contributed by atoms with Crippen molar-refractivity contribution >= 4 is 11.6 Å². The molecule has 1 saturated carbocycles. The van der Waals surface area contributed by atoms with E-state index in [0.717, 1.165) is 31.2 Å². The zero-order valence-corrected chi connectivity index (χ0v) is 14.4. The van der Waals surface area contributed by atoms with Crippen LogP contribution < -0.4 is 5.32 Å². The first kappa shape index (κ1) is 18.4. The predicted molar refractivity (Wildman–Crippen MR) is 92.4 cm³/mol. The van der Waals surface area contributed by atoms with Crippen LogP contribution in [-0.2, 0) is 11.0 Å². The van der Waals surface area contributed by atoms with Crippen LogP contribution in [0.5, 0.6) is 0 Å². The van der Waals surface area contributed by atoms with Crippen LogP contribution in [0.4, 0.5) is 18.9 Å². The summed E-state index contributed by atoms with van der Waals surface area (Å²) in [6.07, 6.45) is 2.73. The molecule has 0 spiro atoms.